The molecule has 0 aliphatic carbocycles. The average molecular weight is 277 g/mol. The summed E-state index contributed by atoms with van der Waals surface area (Å²) >= 11 is 0. The molecule has 5 heteroatoms. The fraction of sp³-hybridized carbons (Fsp3) is 0.467. The van der Waals surface area contributed by atoms with Crippen molar-refractivity contribution in [2.45, 2.75) is 20.3 Å². The van der Waals surface area contributed by atoms with Crippen LogP contribution in [0.5, 0.6) is 5.75 Å². The Morgan fingerprint density at radius 2 is 2.20 bits per heavy atom. The standard InChI is InChI=1S/C15H19NO4/c1-10-3-4-11(2)13(7-10)20-6-5-16-9-12(15(18)19)8-14(16)17/h3-4,7,12H,5-6,8-9H2,1-2H3,(H,18,19)/t12-/m0/s1. The predicted molar refractivity (Wildman–Crippen MR) is 73.7 cm³/mol. The van der Waals surface area contributed by atoms with E-state index in [4.69, 9.17) is 9.84 Å². The van der Waals surface area contributed by atoms with Crippen LogP contribution < -0.4 is 4.74 Å². The first-order valence-corrected chi connectivity index (χ1v) is 6.68. The van der Waals surface area contributed by atoms with E-state index in [2.05, 4.69) is 0 Å². The van der Waals surface area contributed by atoms with Gasteiger partial charge in [-0.1, -0.05) is 12.1 Å². The second-order valence-electron chi connectivity index (χ2n) is 5.20. The Balaban J connectivity index is 1.86. The number of aliphatic carboxylic acids is 1. The van der Waals surface area contributed by atoms with Gasteiger partial charge in [0, 0.05) is 13.0 Å². The molecule has 1 fully saturated rings. The highest BCUT2D eigenvalue weighted by Gasteiger charge is 2.33. The molecule has 1 heterocycles. The molecule has 1 aromatic carbocycles. The second kappa shape index (κ2) is 5.94. The minimum Gasteiger partial charge on any atom is -0.491 e. The number of amides is 1. The number of ether oxygens (including phenoxy) is 1. The lowest BCUT2D eigenvalue weighted by Gasteiger charge is -2.17. The summed E-state index contributed by atoms with van der Waals surface area (Å²) in [6.07, 6.45) is 0.0960. The maximum atomic E-state index is 11.7. The van der Waals surface area contributed by atoms with Crippen LogP contribution in [0.15, 0.2) is 18.2 Å². The van der Waals surface area contributed by atoms with Crippen LogP contribution in [0, 0.1) is 19.8 Å². The summed E-state index contributed by atoms with van der Waals surface area (Å²) in [5, 5.41) is 8.91. The van der Waals surface area contributed by atoms with Gasteiger partial charge in [0.05, 0.1) is 12.5 Å². The molecule has 0 bridgehead atoms. The third-order valence-electron chi connectivity index (χ3n) is 3.53. The van der Waals surface area contributed by atoms with E-state index >= 15 is 0 Å². The Bertz CT molecular complexity index is 527. The van der Waals surface area contributed by atoms with Crippen molar-refractivity contribution in [1.29, 1.82) is 0 Å². The molecule has 1 aliphatic rings. The Hall–Kier alpha value is -2.04. The molecule has 5 nitrogen and oxygen atoms in total. The highest BCUT2D eigenvalue weighted by atomic mass is 16.5. The minimum atomic E-state index is -0.906. The number of carbonyl (C=O) groups excluding carboxylic acids is 1. The van der Waals surface area contributed by atoms with Gasteiger partial charge in [0.15, 0.2) is 0 Å². The van der Waals surface area contributed by atoms with Gasteiger partial charge in [0.25, 0.3) is 0 Å². The third kappa shape index (κ3) is 3.29. The van der Waals surface area contributed by atoms with E-state index in [0.717, 1.165) is 16.9 Å². The Morgan fingerprint density at radius 3 is 2.85 bits per heavy atom. The molecular formula is C15H19NO4. The van der Waals surface area contributed by atoms with Crippen LogP contribution in [0.1, 0.15) is 17.5 Å². The Kier molecular flexibility index (Phi) is 4.27. The SMILES string of the molecule is Cc1ccc(C)c(OCCN2C[C@@H](C(=O)O)CC2=O)c1. The lowest BCUT2D eigenvalue weighted by Crippen LogP contribution is -2.30. The van der Waals surface area contributed by atoms with Crippen molar-refractivity contribution < 1.29 is 19.4 Å². The van der Waals surface area contributed by atoms with Gasteiger partial charge in [0.1, 0.15) is 12.4 Å². The van der Waals surface area contributed by atoms with Gasteiger partial charge >= 0.3 is 5.97 Å². The molecule has 0 aromatic heterocycles. The zero-order chi connectivity index (χ0) is 14.7. The van der Waals surface area contributed by atoms with Gasteiger partial charge < -0.3 is 14.7 Å². The minimum absolute atomic E-state index is 0.0960. The van der Waals surface area contributed by atoms with Crippen LogP contribution in [0.4, 0.5) is 0 Å². The Morgan fingerprint density at radius 1 is 1.45 bits per heavy atom. The highest BCUT2D eigenvalue weighted by molar-refractivity contribution is 5.86. The largest absolute Gasteiger partial charge is 0.491 e. The van der Waals surface area contributed by atoms with E-state index in [-0.39, 0.29) is 18.9 Å². The number of aryl methyl sites for hydroxylation is 2. The number of benzene rings is 1. The summed E-state index contributed by atoms with van der Waals surface area (Å²) in [5.74, 6) is -0.784. The summed E-state index contributed by atoms with van der Waals surface area (Å²) < 4.78 is 5.68. The van der Waals surface area contributed by atoms with Crippen molar-refractivity contribution in [3.8, 4) is 5.75 Å². The molecule has 1 amide bonds. The monoisotopic (exact) mass is 277 g/mol. The maximum absolute atomic E-state index is 11.7. The van der Waals surface area contributed by atoms with Crippen molar-refractivity contribution in [3.05, 3.63) is 29.3 Å². The van der Waals surface area contributed by atoms with E-state index in [0.29, 0.717) is 13.2 Å². The zero-order valence-corrected chi connectivity index (χ0v) is 11.8. The van der Waals surface area contributed by atoms with Crippen LogP contribution >= 0.6 is 0 Å². The summed E-state index contributed by atoms with van der Waals surface area (Å²) in [7, 11) is 0. The molecule has 1 atom stereocenters. The van der Waals surface area contributed by atoms with Gasteiger partial charge in [-0.05, 0) is 31.0 Å². The zero-order valence-electron chi connectivity index (χ0n) is 11.8. The van der Waals surface area contributed by atoms with Crippen LogP contribution in [0.25, 0.3) is 0 Å². The first-order valence-electron chi connectivity index (χ1n) is 6.68. The van der Waals surface area contributed by atoms with E-state index in [1.54, 1.807) is 4.90 Å². The predicted octanol–water partition coefficient (Wildman–Crippen LogP) is 1.62. The van der Waals surface area contributed by atoms with Crippen molar-refractivity contribution in [1.82, 2.24) is 4.90 Å². The normalized spacial score (nSPS) is 18.4. The molecule has 0 unspecified atom stereocenters. The van der Waals surface area contributed by atoms with Crippen molar-refractivity contribution in [2.24, 2.45) is 5.92 Å². The summed E-state index contributed by atoms with van der Waals surface area (Å²) in [6.45, 7) is 5.05. The lowest BCUT2D eigenvalue weighted by molar-refractivity contribution is -0.141. The number of likely N-dealkylation sites (tertiary alicyclic amines) is 1. The summed E-state index contributed by atoms with van der Waals surface area (Å²) in [5.41, 5.74) is 2.17. The molecule has 20 heavy (non-hydrogen) atoms. The number of nitrogens with zero attached hydrogens (tertiary/aromatic N) is 1. The number of carbonyl (C=O) groups is 2. The second-order valence-corrected chi connectivity index (χ2v) is 5.20. The van der Waals surface area contributed by atoms with Crippen LogP contribution in [0.2, 0.25) is 0 Å². The average Bonchev–Trinajstić information content (AvgIpc) is 2.76. The van der Waals surface area contributed by atoms with Crippen molar-refractivity contribution in [3.63, 3.8) is 0 Å². The molecular weight excluding hydrogens is 258 g/mol. The molecule has 1 aromatic rings. The highest BCUT2D eigenvalue weighted by Crippen LogP contribution is 2.20. The number of carboxylic acid groups (broad SMARTS) is 1. The molecule has 1 N–H and O–H groups in total. The van der Waals surface area contributed by atoms with E-state index in [1.807, 2.05) is 32.0 Å². The van der Waals surface area contributed by atoms with Crippen molar-refractivity contribution >= 4 is 11.9 Å². The van der Waals surface area contributed by atoms with Crippen LogP contribution in [0.3, 0.4) is 0 Å². The van der Waals surface area contributed by atoms with Gasteiger partial charge in [-0.3, -0.25) is 9.59 Å². The summed E-state index contributed by atoms with van der Waals surface area (Å²) in [6, 6.07) is 5.97. The fourth-order valence-electron chi connectivity index (χ4n) is 2.28. The number of hydrogen-bond acceptors (Lipinski definition) is 3. The van der Waals surface area contributed by atoms with Gasteiger partial charge in [-0.2, -0.15) is 0 Å². The molecule has 1 aliphatic heterocycles. The number of hydrogen-bond donors (Lipinski definition) is 1. The fourth-order valence-corrected chi connectivity index (χ4v) is 2.28. The first kappa shape index (κ1) is 14.4. The Labute approximate surface area is 118 Å². The molecule has 2 rings (SSSR count). The molecule has 0 radical (unpaired) electrons. The first-order chi connectivity index (χ1) is 9.47. The van der Waals surface area contributed by atoms with Gasteiger partial charge in [-0.25, -0.2) is 0 Å². The van der Waals surface area contributed by atoms with E-state index in [1.165, 1.54) is 0 Å². The van der Waals surface area contributed by atoms with Crippen LogP contribution in [-0.4, -0.2) is 41.6 Å². The number of rotatable bonds is 5. The van der Waals surface area contributed by atoms with Crippen molar-refractivity contribution in [2.75, 3.05) is 19.7 Å². The molecule has 0 spiro atoms. The quantitative estimate of drug-likeness (QED) is 0.888. The smallest absolute Gasteiger partial charge is 0.308 e. The maximum Gasteiger partial charge on any atom is 0.308 e. The third-order valence-corrected chi connectivity index (χ3v) is 3.53. The topological polar surface area (TPSA) is 66.8 Å². The molecule has 1 saturated heterocycles. The van der Waals surface area contributed by atoms with Crippen LogP contribution in [-0.2, 0) is 9.59 Å². The lowest BCUT2D eigenvalue weighted by atomic mass is 10.1. The number of carboxylic acids is 1. The summed E-state index contributed by atoms with van der Waals surface area (Å²) in [4.78, 5) is 24.1. The van der Waals surface area contributed by atoms with E-state index < -0.39 is 11.9 Å². The van der Waals surface area contributed by atoms with Gasteiger partial charge in [0.2, 0.25) is 5.91 Å². The van der Waals surface area contributed by atoms with Gasteiger partial charge in [-0.15, -0.1) is 0 Å². The molecule has 108 valence electrons. The van der Waals surface area contributed by atoms with E-state index in [9.17, 15) is 9.59 Å². The molecule has 0 saturated carbocycles.